The van der Waals surface area contributed by atoms with Crippen molar-refractivity contribution in [3.8, 4) is 0 Å². The molecular weight excluding hydrogens is 154 g/mol. The third-order valence-electron chi connectivity index (χ3n) is 1.76. The highest BCUT2D eigenvalue weighted by molar-refractivity contribution is 5.97. The summed E-state index contributed by atoms with van der Waals surface area (Å²) in [6, 6.07) is 3.40. The first kappa shape index (κ1) is 9.00. The molecule has 0 bridgehead atoms. The molecule has 0 radical (unpaired) electrons. The molecule has 0 unspecified atom stereocenters. The number of aliphatic hydroxyl groups excluding tert-OH is 1. The van der Waals surface area contributed by atoms with E-state index in [-0.39, 0.29) is 11.7 Å². The van der Waals surface area contributed by atoms with Gasteiger partial charge in [-0.05, 0) is 18.1 Å². The van der Waals surface area contributed by atoms with Gasteiger partial charge in [-0.3, -0.25) is 4.79 Å². The summed E-state index contributed by atoms with van der Waals surface area (Å²) in [5.41, 5.74) is 0.469. The number of hydrogen-bond donors (Lipinski definition) is 2. The molecule has 0 aliphatic carbocycles. The maximum Gasteiger partial charge on any atom is 0.207 e. The van der Waals surface area contributed by atoms with Crippen LogP contribution in [0.25, 0.3) is 0 Å². The van der Waals surface area contributed by atoms with Crippen molar-refractivity contribution in [2.45, 2.75) is 20.0 Å². The maximum atomic E-state index is 11.4. The Morgan fingerprint density at radius 3 is 2.67 bits per heavy atom. The highest BCUT2D eigenvalue weighted by atomic mass is 16.3. The van der Waals surface area contributed by atoms with Crippen LogP contribution in [0.3, 0.4) is 0 Å². The van der Waals surface area contributed by atoms with Crippen LogP contribution in [0.1, 0.15) is 24.3 Å². The van der Waals surface area contributed by atoms with Crippen molar-refractivity contribution in [1.82, 2.24) is 4.98 Å². The zero-order chi connectivity index (χ0) is 9.14. The molecule has 0 aliphatic heterocycles. The van der Waals surface area contributed by atoms with Crippen molar-refractivity contribution in [3.05, 3.63) is 24.0 Å². The van der Waals surface area contributed by atoms with Gasteiger partial charge in [-0.25, -0.2) is 0 Å². The third-order valence-corrected chi connectivity index (χ3v) is 1.76. The molecule has 0 amide bonds. The summed E-state index contributed by atoms with van der Waals surface area (Å²) in [5.74, 6) is -0.282. The zero-order valence-corrected chi connectivity index (χ0v) is 7.24. The van der Waals surface area contributed by atoms with Crippen LogP contribution in [-0.4, -0.2) is 22.0 Å². The van der Waals surface area contributed by atoms with Crippen LogP contribution in [0.5, 0.6) is 0 Å². The topological polar surface area (TPSA) is 53.1 Å². The first-order valence-corrected chi connectivity index (χ1v) is 3.98. The number of nitrogens with one attached hydrogen (secondary N) is 1. The van der Waals surface area contributed by atoms with Crippen molar-refractivity contribution < 1.29 is 9.90 Å². The van der Waals surface area contributed by atoms with E-state index in [9.17, 15) is 9.90 Å². The molecule has 1 heterocycles. The van der Waals surface area contributed by atoms with Crippen LogP contribution in [-0.2, 0) is 0 Å². The van der Waals surface area contributed by atoms with Gasteiger partial charge in [-0.1, -0.05) is 13.8 Å². The SMILES string of the molecule is CC(C)[C@H](O)C(=O)c1ccc[nH]1. The smallest absolute Gasteiger partial charge is 0.207 e. The lowest BCUT2D eigenvalue weighted by molar-refractivity contribution is 0.0643. The molecule has 2 N–H and O–H groups in total. The van der Waals surface area contributed by atoms with E-state index in [1.807, 2.05) is 13.8 Å². The van der Waals surface area contributed by atoms with E-state index in [1.54, 1.807) is 18.3 Å². The zero-order valence-electron chi connectivity index (χ0n) is 7.24. The van der Waals surface area contributed by atoms with Crippen LogP contribution in [0.4, 0.5) is 0 Å². The van der Waals surface area contributed by atoms with Gasteiger partial charge in [0.1, 0.15) is 6.10 Å². The minimum absolute atomic E-state index is 0.0409. The summed E-state index contributed by atoms with van der Waals surface area (Å²) in [4.78, 5) is 14.1. The Morgan fingerprint density at radius 1 is 1.58 bits per heavy atom. The van der Waals surface area contributed by atoms with Crippen molar-refractivity contribution in [3.63, 3.8) is 0 Å². The summed E-state index contributed by atoms with van der Waals surface area (Å²) >= 11 is 0. The predicted octanol–water partition coefficient (Wildman–Crippen LogP) is 1.21. The number of carbonyl (C=O) groups excluding carboxylic acids is 1. The van der Waals surface area contributed by atoms with Gasteiger partial charge in [-0.15, -0.1) is 0 Å². The molecule has 1 rings (SSSR count). The van der Waals surface area contributed by atoms with E-state index >= 15 is 0 Å². The molecule has 0 aromatic carbocycles. The second kappa shape index (κ2) is 3.54. The fourth-order valence-electron chi connectivity index (χ4n) is 0.946. The van der Waals surface area contributed by atoms with Gasteiger partial charge in [0, 0.05) is 6.20 Å². The minimum atomic E-state index is -0.899. The Hall–Kier alpha value is -1.09. The number of aliphatic hydroxyl groups is 1. The number of aromatic nitrogens is 1. The van der Waals surface area contributed by atoms with Gasteiger partial charge in [0.25, 0.3) is 0 Å². The van der Waals surface area contributed by atoms with Gasteiger partial charge in [0.15, 0.2) is 0 Å². The number of ketones is 1. The Balaban J connectivity index is 2.72. The first-order valence-electron chi connectivity index (χ1n) is 3.98. The quantitative estimate of drug-likeness (QED) is 0.665. The van der Waals surface area contributed by atoms with Crippen LogP contribution in [0.2, 0.25) is 0 Å². The fraction of sp³-hybridized carbons (Fsp3) is 0.444. The minimum Gasteiger partial charge on any atom is -0.385 e. The summed E-state index contributed by atoms with van der Waals surface area (Å²) in [6.07, 6.45) is 0.768. The van der Waals surface area contributed by atoms with E-state index < -0.39 is 6.10 Å². The lowest BCUT2D eigenvalue weighted by Gasteiger charge is -2.11. The maximum absolute atomic E-state index is 11.4. The summed E-state index contributed by atoms with van der Waals surface area (Å²) in [7, 11) is 0. The highest BCUT2D eigenvalue weighted by Gasteiger charge is 2.20. The summed E-state index contributed by atoms with van der Waals surface area (Å²) in [5, 5.41) is 9.40. The van der Waals surface area contributed by atoms with Crippen molar-refractivity contribution in [2.24, 2.45) is 5.92 Å². The van der Waals surface area contributed by atoms with Gasteiger partial charge in [-0.2, -0.15) is 0 Å². The number of H-pyrrole nitrogens is 1. The molecule has 0 fully saturated rings. The van der Waals surface area contributed by atoms with Crippen LogP contribution in [0.15, 0.2) is 18.3 Å². The standard InChI is InChI=1S/C9H13NO2/c1-6(2)8(11)9(12)7-4-3-5-10-7/h3-6,8,10-11H,1-2H3/t8-/m0/s1. The van der Waals surface area contributed by atoms with E-state index in [0.717, 1.165) is 0 Å². The monoisotopic (exact) mass is 167 g/mol. The first-order chi connectivity index (χ1) is 5.63. The number of carbonyl (C=O) groups is 1. The van der Waals surface area contributed by atoms with E-state index in [4.69, 9.17) is 0 Å². The molecule has 66 valence electrons. The predicted molar refractivity (Wildman–Crippen MR) is 46.0 cm³/mol. The van der Waals surface area contributed by atoms with E-state index in [1.165, 1.54) is 0 Å². The molecule has 0 aliphatic rings. The number of aromatic amines is 1. The highest BCUT2D eigenvalue weighted by Crippen LogP contribution is 2.08. The van der Waals surface area contributed by atoms with E-state index in [0.29, 0.717) is 5.69 Å². The van der Waals surface area contributed by atoms with E-state index in [2.05, 4.69) is 4.98 Å². The van der Waals surface area contributed by atoms with Gasteiger partial charge in [0.05, 0.1) is 5.69 Å². The van der Waals surface area contributed by atoms with Crippen LogP contribution in [0, 0.1) is 5.92 Å². The third kappa shape index (κ3) is 1.74. The molecular formula is C9H13NO2. The van der Waals surface area contributed by atoms with Crippen LogP contribution >= 0.6 is 0 Å². The second-order valence-electron chi connectivity index (χ2n) is 3.14. The lowest BCUT2D eigenvalue weighted by atomic mass is 10.0. The number of rotatable bonds is 3. The number of hydrogen-bond acceptors (Lipinski definition) is 2. The number of Topliss-reactive ketones (excluding diaryl/α,β-unsaturated/α-hetero) is 1. The van der Waals surface area contributed by atoms with Gasteiger partial charge >= 0.3 is 0 Å². The van der Waals surface area contributed by atoms with Crippen molar-refractivity contribution >= 4 is 5.78 Å². The van der Waals surface area contributed by atoms with Crippen LogP contribution < -0.4 is 0 Å². The Bertz CT molecular complexity index is 252. The average Bonchev–Trinajstić information content (AvgIpc) is 2.53. The molecule has 1 aromatic rings. The second-order valence-corrected chi connectivity index (χ2v) is 3.14. The molecule has 0 saturated heterocycles. The summed E-state index contributed by atoms with van der Waals surface area (Å²) in [6.45, 7) is 3.62. The molecule has 0 spiro atoms. The molecule has 3 nitrogen and oxygen atoms in total. The average molecular weight is 167 g/mol. The molecule has 1 aromatic heterocycles. The van der Waals surface area contributed by atoms with Crippen molar-refractivity contribution in [1.29, 1.82) is 0 Å². The van der Waals surface area contributed by atoms with Crippen molar-refractivity contribution in [2.75, 3.05) is 0 Å². The molecule has 1 atom stereocenters. The molecule has 12 heavy (non-hydrogen) atoms. The Labute approximate surface area is 71.4 Å². The Morgan fingerprint density at radius 2 is 2.25 bits per heavy atom. The van der Waals surface area contributed by atoms with Gasteiger partial charge in [0.2, 0.25) is 5.78 Å². The fourth-order valence-corrected chi connectivity index (χ4v) is 0.946. The van der Waals surface area contributed by atoms with Gasteiger partial charge < -0.3 is 10.1 Å². The molecule has 0 saturated carbocycles. The summed E-state index contributed by atoms with van der Waals surface area (Å²) < 4.78 is 0. The lowest BCUT2D eigenvalue weighted by Crippen LogP contribution is -2.26. The Kier molecular flexibility index (Phi) is 2.65. The normalized spacial score (nSPS) is 13.3. The molecule has 3 heteroatoms. The largest absolute Gasteiger partial charge is 0.385 e.